The Bertz CT molecular complexity index is 1370. The molecular weight excluding hydrogens is 459 g/mol. The molecule has 0 amide bonds. The molecule has 4 rings (SSSR count). The molecule has 0 radical (unpaired) electrons. The van der Waals surface area contributed by atoms with Crippen LogP contribution < -0.4 is 0 Å². The van der Waals surface area contributed by atoms with Crippen LogP contribution in [0.5, 0.6) is 0 Å². The number of aromatic amines is 1. The maximum absolute atomic E-state index is 14.0. The number of hydrogen-bond donors (Lipinski definition) is 2. The highest BCUT2D eigenvalue weighted by Crippen LogP contribution is 2.49. The highest BCUT2D eigenvalue weighted by Gasteiger charge is 2.45. The van der Waals surface area contributed by atoms with Gasteiger partial charge >= 0.3 is 0 Å². The van der Waals surface area contributed by atoms with Gasteiger partial charge in [0.15, 0.2) is 0 Å². The van der Waals surface area contributed by atoms with Crippen LogP contribution in [0.15, 0.2) is 66.9 Å². The smallest absolute Gasteiger partial charge is 0.125 e. The summed E-state index contributed by atoms with van der Waals surface area (Å²) in [6.45, 7) is 14.4. The molecule has 1 aromatic heterocycles. The van der Waals surface area contributed by atoms with Crippen molar-refractivity contribution in [2.24, 2.45) is 0 Å². The third-order valence-electron chi connectivity index (χ3n) is 7.08. The molecule has 2 aromatic carbocycles. The van der Waals surface area contributed by atoms with Gasteiger partial charge < -0.3 is 10.4 Å². The summed E-state index contributed by atoms with van der Waals surface area (Å²) >= 11 is 0. The van der Waals surface area contributed by atoms with E-state index < -0.39 is 5.82 Å². The van der Waals surface area contributed by atoms with Crippen LogP contribution in [0.1, 0.15) is 82.2 Å². The van der Waals surface area contributed by atoms with Crippen molar-refractivity contribution >= 4 is 5.71 Å². The first-order chi connectivity index (χ1) is 17.5. The first-order valence-corrected chi connectivity index (χ1v) is 12.6. The van der Waals surface area contributed by atoms with Crippen LogP contribution in [0.2, 0.25) is 0 Å². The summed E-state index contributed by atoms with van der Waals surface area (Å²) < 4.78 is 14.0. The number of H-pyrrole nitrogens is 1. The molecular formula is C32H35FN4. The first-order valence-electron chi connectivity index (χ1n) is 12.6. The van der Waals surface area contributed by atoms with Crippen molar-refractivity contribution in [1.29, 1.82) is 15.9 Å². The minimum Gasteiger partial charge on any atom is -0.364 e. The van der Waals surface area contributed by atoms with E-state index in [0.717, 1.165) is 47.2 Å². The summed E-state index contributed by atoms with van der Waals surface area (Å²) in [7, 11) is 0. The highest BCUT2D eigenvalue weighted by atomic mass is 19.1. The van der Waals surface area contributed by atoms with Crippen molar-refractivity contribution in [3.63, 3.8) is 0 Å². The Morgan fingerprint density at radius 2 is 1.73 bits per heavy atom. The van der Waals surface area contributed by atoms with Gasteiger partial charge in [0.05, 0.1) is 23.1 Å². The minimum absolute atomic E-state index is 0.0578. The molecule has 2 N–H and O–H groups in total. The molecule has 37 heavy (non-hydrogen) atoms. The fourth-order valence-corrected chi connectivity index (χ4v) is 4.86. The zero-order chi connectivity index (χ0) is 27.4. The number of halogens is 1. The van der Waals surface area contributed by atoms with Crippen LogP contribution in [-0.4, -0.2) is 10.7 Å². The molecule has 1 fully saturated rings. The Balaban J connectivity index is 0.000000886. The highest BCUT2D eigenvalue weighted by molar-refractivity contribution is 5.75. The van der Waals surface area contributed by atoms with Crippen molar-refractivity contribution in [2.75, 3.05) is 0 Å². The third kappa shape index (κ3) is 6.07. The van der Waals surface area contributed by atoms with Gasteiger partial charge in [-0.15, -0.1) is 0 Å². The number of rotatable bonds is 7. The zero-order valence-corrected chi connectivity index (χ0v) is 22.4. The molecule has 1 unspecified atom stereocenters. The van der Waals surface area contributed by atoms with Crippen LogP contribution in [0.3, 0.4) is 0 Å². The molecule has 0 spiro atoms. The minimum atomic E-state index is -0.422. The van der Waals surface area contributed by atoms with Crippen LogP contribution in [-0.2, 0) is 10.8 Å². The largest absolute Gasteiger partial charge is 0.364 e. The number of allylic oxidation sites excluding steroid dienone is 1. The van der Waals surface area contributed by atoms with E-state index in [4.69, 9.17) is 5.41 Å². The number of nitriles is 2. The molecule has 0 bridgehead atoms. The van der Waals surface area contributed by atoms with Gasteiger partial charge in [0.25, 0.3) is 0 Å². The molecule has 1 aliphatic rings. The van der Waals surface area contributed by atoms with Crippen molar-refractivity contribution in [1.82, 2.24) is 4.98 Å². The number of nitrogens with one attached hydrogen (secondary N) is 2. The fourth-order valence-electron chi connectivity index (χ4n) is 4.86. The Morgan fingerprint density at radius 1 is 1.11 bits per heavy atom. The maximum Gasteiger partial charge on any atom is 0.125 e. The molecule has 5 heteroatoms. The number of nitrogens with zero attached hydrogens (tertiary/aromatic N) is 2. The lowest BCUT2D eigenvalue weighted by molar-refractivity contribution is 0.437. The summed E-state index contributed by atoms with van der Waals surface area (Å²) in [5.41, 5.74) is 6.27. The van der Waals surface area contributed by atoms with Gasteiger partial charge in [-0.25, -0.2) is 4.39 Å². The Kier molecular flexibility index (Phi) is 8.19. The summed E-state index contributed by atoms with van der Waals surface area (Å²) in [6, 6.07) is 19.4. The molecule has 0 aliphatic heterocycles. The molecule has 190 valence electrons. The molecule has 1 saturated carbocycles. The molecule has 0 saturated heterocycles. The monoisotopic (exact) mass is 494 g/mol. The van der Waals surface area contributed by atoms with Crippen LogP contribution in [0.25, 0.3) is 11.1 Å². The molecule has 4 nitrogen and oxygen atoms in total. The van der Waals surface area contributed by atoms with Crippen molar-refractivity contribution in [3.8, 4) is 23.3 Å². The molecule has 1 atom stereocenters. The first kappa shape index (κ1) is 27.6. The number of benzene rings is 2. The van der Waals surface area contributed by atoms with E-state index >= 15 is 0 Å². The zero-order valence-electron chi connectivity index (χ0n) is 22.4. The van der Waals surface area contributed by atoms with Crippen molar-refractivity contribution in [3.05, 3.63) is 95.1 Å². The molecule has 1 aliphatic carbocycles. The topological polar surface area (TPSA) is 87.2 Å². The van der Waals surface area contributed by atoms with E-state index in [9.17, 15) is 14.9 Å². The summed E-state index contributed by atoms with van der Waals surface area (Å²) in [5, 5.41) is 25.2. The maximum atomic E-state index is 14.0. The molecule has 3 aromatic rings. The van der Waals surface area contributed by atoms with E-state index in [1.807, 2.05) is 18.3 Å². The third-order valence-corrected chi connectivity index (χ3v) is 7.08. The predicted octanol–water partition coefficient (Wildman–Crippen LogP) is 8.32. The molecule has 1 heterocycles. The Hall–Kier alpha value is -3.96. The quantitative estimate of drug-likeness (QED) is 0.255. The van der Waals surface area contributed by atoms with Gasteiger partial charge in [0.1, 0.15) is 5.82 Å². The van der Waals surface area contributed by atoms with Crippen LogP contribution in [0.4, 0.5) is 4.39 Å². The second kappa shape index (κ2) is 11.0. The van der Waals surface area contributed by atoms with E-state index in [0.29, 0.717) is 16.8 Å². The Morgan fingerprint density at radius 3 is 2.24 bits per heavy atom. The summed E-state index contributed by atoms with van der Waals surface area (Å²) in [4.78, 5) is 3.40. The van der Waals surface area contributed by atoms with Gasteiger partial charge in [-0.2, -0.15) is 10.5 Å². The van der Waals surface area contributed by atoms with Crippen LogP contribution >= 0.6 is 0 Å². The lowest BCUT2D eigenvalue weighted by Crippen LogP contribution is -2.28. The standard InChI is InChI=1S/C29H28FN3.C3H7N/c1-5-19(2)27(21-6-8-24(9-7-21)29(18-32)10-11-29)28(3,4)26-15-23(17-33-26)22-12-20(16-31)13-25(30)14-22;1-3(2)4/h6-9,12-15,17,27,33H,2,5,10-11H2,1,3-4H3;4H,1-2H3. The summed E-state index contributed by atoms with van der Waals surface area (Å²) in [6.07, 6.45) is 4.57. The normalized spacial score (nSPS) is 14.4. The van der Waals surface area contributed by atoms with E-state index in [-0.39, 0.29) is 16.7 Å². The fraction of sp³-hybridized carbons (Fsp3) is 0.344. The Labute approximate surface area is 220 Å². The lowest BCUT2D eigenvalue weighted by atomic mass is 9.68. The van der Waals surface area contributed by atoms with E-state index in [2.05, 4.69) is 62.7 Å². The number of hydrogen-bond acceptors (Lipinski definition) is 3. The van der Waals surface area contributed by atoms with Crippen molar-refractivity contribution in [2.45, 2.75) is 70.6 Å². The number of aromatic nitrogens is 1. The van der Waals surface area contributed by atoms with Gasteiger partial charge in [-0.1, -0.05) is 57.2 Å². The van der Waals surface area contributed by atoms with Gasteiger partial charge in [0.2, 0.25) is 0 Å². The lowest BCUT2D eigenvalue weighted by Gasteiger charge is -2.36. The summed E-state index contributed by atoms with van der Waals surface area (Å²) in [5.74, 6) is -0.364. The average molecular weight is 495 g/mol. The van der Waals surface area contributed by atoms with Crippen molar-refractivity contribution < 1.29 is 4.39 Å². The van der Waals surface area contributed by atoms with Gasteiger partial charge in [-0.3, -0.25) is 0 Å². The van der Waals surface area contributed by atoms with E-state index in [1.165, 1.54) is 12.1 Å². The van der Waals surface area contributed by atoms with Gasteiger partial charge in [-0.05, 0) is 79.6 Å². The predicted molar refractivity (Wildman–Crippen MR) is 148 cm³/mol. The second-order valence-corrected chi connectivity index (χ2v) is 10.6. The SMILES string of the molecule is C=C(CC)C(c1ccc(C2(C#N)CC2)cc1)C(C)(C)c1cc(-c2cc(F)cc(C#N)c2)c[nH]1.CC(C)=N. The van der Waals surface area contributed by atoms with E-state index in [1.54, 1.807) is 19.9 Å². The second-order valence-electron chi connectivity index (χ2n) is 10.6. The van der Waals surface area contributed by atoms with Crippen LogP contribution in [0, 0.1) is 33.9 Å². The average Bonchev–Trinajstić information content (AvgIpc) is 3.49. The van der Waals surface area contributed by atoms with Gasteiger partial charge in [0, 0.05) is 28.9 Å².